The van der Waals surface area contributed by atoms with Crippen LogP contribution in [0.2, 0.25) is 0 Å². The van der Waals surface area contributed by atoms with E-state index in [9.17, 15) is 23.3 Å². The topological polar surface area (TPSA) is 119 Å². The molecule has 0 bridgehead atoms. The number of amides is 1. The average Bonchev–Trinajstić information content (AvgIpc) is 2.78. The Kier molecular flexibility index (Phi) is 6.76. The van der Waals surface area contributed by atoms with Gasteiger partial charge in [0.05, 0.1) is 29.1 Å². The summed E-state index contributed by atoms with van der Waals surface area (Å²) in [7, 11) is -2.34. The minimum absolute atomic E-state index is 0.0690. The number of hydrogen-bond donors (Lipinski definition) is 0. The van der Waals surface area contributed by atoms with Crippen LogP contribution in [0.3, 0.4) is 0 Å². The molecule has 2 aromatic carbocycles. The van der Waals surface area contributed by atoms with Gasteiger partial charge >= 0.3 is 0 Å². The van der Waals surface area contributed by atoms with E-state index in [2.05, 4.69) is 0 Å². The number of nitro benzene ring substituents is 1. The van der Waals surface area contributed by atoms with Crippen LogP contribution in [0.1, 0.15) is 17.3 Å². The molecular weight excluding hydrogens is 426 g/mol. The summed E-state index contributed by atoms with van der Waals surface area (Å²) in [4.78, 5) is 25.0. The summed E-state index contributed by atoms with van der Waals surface area (Å²) in [5.41, 5.74) is -0.152. The van der Waals surface area contributed by atoms with Crippen LogP contribution in [0.5, 0.6) is 11.5 Å². The summed E-state index contributed by atoms with van der Waals surface area (Å²) in [5.74, 6) is 0.362. The van der Waals surface area contributed by atoms with Crippen molar-refractivity contribution in [3.63, 3.8) is 0 Å². The third-order valence-corrected chi connectivity index (χ3v) is 6.84. The van der Waals surface area contributed by atoms with Gasteiger partial charge in [0.15, 0.2) is 0 Å². The number of sulfonamides is 1. The van der Waals surface area contributed by atoms with Gasteiger partial charge in [0.2, 0.25) is 10.0 Å². The molecule has 2 aromatic rings. The summed E-state index contributed by atoms with van der Waals surface area (Å²) < 4.78 is 37.6. The van der Waals surface area contributed by atoms with Gasteiger partial charge in [-0.05, 0) is 37.3 Å². The number of nitrogens with zero attached hydrogens (tertiary/aromatic N) is 3. The Bertz CT molecular complexity index is 1060. The van der Waals surface area contributed by atoms with Gasteiger partial charge in [0.25, 0.3) is 11.6 Å². The Hall–Kier alpha value is -3.18. The summed E-state index contributed by atoms with van der Waals surface area (Å²) in [5, 5.41) is 11.1. The van der Waals surface area contributed by atoms with Gasteiger partial charge in [0, 0.05) is 38.3 Å². The molecule has 0 unspecified atom stereocenters. The molecule has 0 spiro atoms. The van der Waals surface area contributed by atoms with E-state index in [0.717, 1.165) is 0 Å². The van der Waals surface area contributed by atoms with Crippen LogP contribution < -0.4 is 9.47 Å². The zero-order chi connectivity index (χ0) is 22.6. The second-order valence-electron chi connectivity index (χ2n) is 6.74. The number of ether oxygens (including phenoxy) is 2. The van der Waals surface area contributed by atoms with Crippen molar-refractivity contribution in [1.29, 1.82) is 0 Å². The first kappa shape index (κ1) is 22.5. The molecule has 0 N–H and O–H groups in total. The molecule has 0 saturated carbocycles. The van der Waals surface area contributed by atoms with E-state index in [0.29, 0.717) is 12.4 Å². The Morgan fingerprint density at radius 3 is 2.29 bits per heavy atom. The average molecular weight is 449 g/mol. The largest absolute Gasteiger partial charge is 0.496 e. The molecule has 31 heavy (non-hydrogen) atoms. The van der Waals surface area contributed by atoms with Crippen LogP contribution in [-0.4, -0.2) is 68.3 Å². The predicted molar refractivity (Wildman–Crippen MR) is 112 cm³/mol. The van der Waals surface area contributed by atoms with E-state index in [-0.39, 0.29) is 48.1 Å². The van der Waals surface area contributed by atoms with Crippen molar-refractivity contribution in [2.75, 3.05) is 39.9 Å². The first-order valence-electron chi connectivity index (χ1n) is 9.62. The van der Waals surface area contributed by atoms with E-state index in [4.69, 9.17) is 9.47 Å². The number of nitro groups is 1. The Balaban J connectivity index is 1.72. The van der Waals surface area contributed by atoms with Crippen LogP contribution in [-0.2, 0) is 10.0 Å². The molecule has 1 saturated heterocycles. The lowest BCUT2D eigenvalue weighted by Crippen LogP contribution is -2.50. The fourth-order valence-corrected chi connectivity index (χ4v) is 4.72. The number of carbonyl (C=O) groups is 1. The standard InChI is InChI=1S/C20H23N3O7S/c1-3-30-16-5-7-17(8-6-16)31(27,28)22-12-10-21(11-13-22)20(24)18-14-15(23(25)26)4-9-19(18)29-2/h4-9,14H,3,10-13H2,1-2H3. The van der Waals surface area contributed by atoms with E-state index >= 15 is 0 Å². The maximum absolute atomic E-state index is 12.9. The van der Waals surface area contributed by atoms with Crippen LogP contribution in [0.25, 0.3) is 0 Å². The lowest BCUT2D eigenvalue weighted by molar-refractivity contribution is -0.384. The van der Waals surface area contributed by atoms with Gasteiger partial charge in [-0.15, -0.1) is 0 Å². The molecule has 1 heterocycles. The molecule has 1 amide bonds. The normalized spacial score (nSPS) is 14.8. The maximum Gasteiger partial charge on any atom is 0.270 e. The SMILES string of the molecule is CCOc1ccc(S(=O)(=O)N2CCN(C(=O)c3cc([N+](=O)[O-])ccc3OC)CC2)cc1. The number of carbonyl (C=O) groups excluding carboxylic acids is 1. The third-order valence-electron chi connectivity index (χ3n) is 4.92. The molecule has 0 radical (unpaired) electrons. The van der Waals surface area contributed by atoms with Gasteiger partial charge in [-0.2, -0.15) is 4.31 Å². The number of non-ortho nitro benzene ring substituents is 1. The first-order valence-corrected chi connectivity index (χ1v) is 11.1. The Morgan fingerprint density at radius 1 is 1.10 bits per heavy atom. The molecule has 1 fully saturated rings. The van der Waals surface area contributed by atoms with Crippen LogP contribution >= 0.6 is 0 Å². The Labute approximate surface area is 180 Å². The lowest BCUT2D eigenvalue weighted by Gasteiger charge is -2.34. The van der Waals surface area contributed by atoms with Gasteiger partial charge in [0.1, 0.15) is 11.5 Å². The maximum atomic E-state index is 12.9. The number of benzene rings is 2. The zero-order valence-electron chi connectivity index (χ0n) is 17.2. The van der Waals surface area contributed by atoms with E-state index in [1.165, 1.54) is 46.6 Å². The van der Waals surface area contributed by atoms with E-state index < -0.39 is 20.9 Å². The summed E-state index contributed by atoms with van der Waals surface area (Å²) in [6, 6.07) is 9.99. The van der Waals surface area contributed by atoms with Gasteiger partial charge in [-0.1, -0.05) is 0 Å². The van der Waals surface area contributed by atoms with Crippen molar-refractivity contribution in [3.05, 3.63) is 58.1 Å². The molecule has 11 heteroatoms. The van der Waals surface area contributed by atoms with Gasteiger partial charge in [-0.25, -0.2) is 8.42 Å². The minimum Gasteiger partial charge on any atom is -0.496 e. The molecule has 1 aliphatic rings. The Morgan fingerprint density at radius 2 is 1.74 bits per heavy atom. The minimum atomic E-state index is -3.71. The highest BCUT2D eigenvalue weighted by atomic mass is 32.2. The molecule has 10 nitrogen and oxygen atoms in total. The van der Waals surface area contributed by atoms with E-state index in [1.807, 2.05) is 6.92 Å². The van der Waals surface area contributed by atoms with Crippen molar-refractivity contribution >= 4 is 21.6 Å². The monoisotopic (exact) mass is 449 g/mol. The number of rotatable bonds is 7. The highest BCUT2D eigenvalue weighted by Gasteiger charge is 2.31. The van der Waals surface area contributed by atoms with Gasteiger partial charge < -0.3 is 14.4 Å². The summed E-state index contributed by atoms with van der Waals surface area (Å²) in [6.45, 7) is 2.85. The van der Waals surface area contributed by atoms with Crippen molar-refractivity contribution in [1.82, 2.24) is 9.21 Å². The van der Waals surface area contributed by atoms with Crippen LogP contribution in [0.4, 0.5) is 5.69 Å². The van der Waals surface area contributed by atoms with Crippen molar-refractivity contribution in [2.45, 2.75) is 11.8 Å². The summed E-state index contributed by atoms with van der Waals surface area (Å²) in [6.07, 6.45) is 0. The van der Waals surface area contributed by atoms with Crippen molar-refractivity contribution in [3.8, 4) is 11.5 Å². The van der Waals surface area contributed by atoms with Crippen molar-refractivity contribution < 1.29 is 27.6 Å². The fourth-order valence-electron chi connectivity index (χ4n) is 3.30. The van der Waals surface area contributed by atoms with Crippen LogP contribution in [0.15, 0.2) is 47.4 Å². The number of hydrogen-bond acceptors (Lipinski definition) is 7. The highest BCUT2D eigenvalue weighted by molar-refractivity contribution is 7.89. The number of methoxy groups -OCH3 is 1. The molecule has 3 rings (SSSR count). The molecule has 0 aliphatic carbocycles. The fraction of sp³-hybridized carbons (Fsp3) is 0.350. The van der Waals surface area contributed by atoms with Crippen molar-refractivity contribution in [2.24, 2.45) is 0 Å². The summed E-state index contributed by atoms with van der Waals surface area (Å²) >= 11 is 0. The highest BCUT2D eigenvalue weighted by Crippen LogP contribution is 2.27. The first-order chi connectivity index (χ1) is 14.8. The second kappa shape index (κ2) is 9.31. The second-order valence-corrected chi connectivity index (χ2v) is 8.68. The lowest BCUT2D eigenvalue weighted by atomic mass is 10.1. The predicted octanol–water partition coefficient (Wildman–Crippen LogP) is 2.15. The zero-order valence-corrected chi connectivity index (χ0v) is 18.0. The molecule has 1 aliphatic heterocycles. The van der Waals surface area contributed by atoms with Gasteiger partial charge in [-0.3, -0.25) is 14.9 Å². The quantitative estimate of drug-likeness (QED) is 0.469. The smallest absolute Gasteiger partial charge is 0.270 e. The van der Waals surface area contributed by atoms with Crippen LogP contribution in [0, 0.1) is 10.1 Å². The third kappa shape index (κ3) is 4.78. The molecule has 166 valence electrons. The molecule has 0 aromatic heterocycles. The van der Waals surface area contributed by atoms with E-state index in [1.54, 1.807) is 12.1 Å². The molecule has 0 atom stereocenters. The number of piperazine rings is 1. The molecular formula is C20H23N3O7S.